The number of carbonyl (C=O) groups excluding carboxylic acids is 1. The van der Waals surface area contributed by atoms with Crippen LogP contribution in [0, 0.1) is 0 Å². The third-order valence-corrected chi connectivity index (χ3v) is 4.19. The van der Waals surface area contributed by atoms with Gasteiger partial charge in [0.05, 0.1) is 10.6 Å². The van der Waals surface area contributed by atoms with Crippen LogP contribution in [0.3, 0.4) is 0 Å². The van der Waals surface area contributed by atoms with Crippen molar-refractivity contribution in [2.75, 3.05) is 31.9 Å². The highest BCUT2D eigenvalue weighted by molar-refractivity contribution is 6.33. The highest BCUT2D eigenvalue weighted by Crippen LogP contribution is 2.22. The fraction of sp³-hybridized carbons (Fsp3) is 0.571. The Morgan fingerprint density at radius 3 is 2.90 bits per heavy atom. The molecule has 2 heterocycles. The molecule has 110 valence electrons. The molecule has 0 spiro atoms. The van der Waals surface area contributed by atoms with Crippen LogP contribution in [0.25, 0.3) is 0 Å². The van der Waals surface area contributed by atoms with Gasteiger partial charge in [-0.2, -0.15) is 0 Å². The van der Waals surface area contributed by atoms with Crippen LogP contribution in [0.15, 0.2) is 12.3 Å². The molecule has 5 nitrogen and oxygen atoms in total. The maximum atomic E-state index is 12.5. The highest BCUT2D eigenvalue weighted by atomic mass is 35.5. The molecule has 1 fully saturated rings. The number of likely N-dealkylation sites (N-methyl/N-ethyl adjacent to an activating group) is 1. The summed E-state index contributed by atoms with van der Waals surface area (Å²) in [6.45, 7) is 7.82. The summed E-state index contributed by atoms with van der Waals surface area (Å²) in [4.78, 5) is 20.6. The monoisotopic (exact) mass is 296 g/mol. The number of amides is 1. The van der Waals surface area contributed by atoms with Crippen LogP contribution in [0.1, 0.15) is 30.6 Å². The minimum Gasteiger partial charge on any atom is -0.384 e. The maximum absolute atomic E-state index is 12.5. The lowest BCUT2D eigenvalue weighted by atomic mass is 10.2. The van der Waals surface area contributed by atoms with Crippen molar-refractivity contribution in [2.45, 2.75) is 26.3 Å². The standard InChI is InChI=1S/C14H21ClN4O/c1-3-18(4-2)10-5-6-19(9-10)14(20)11-7-13(16)17-8-12(11)15/h7-8,10H,3-6,9H2,1-2H3,(H2,16,17). The minimum atomic E-state index is -0.0567. The zero-order valence-electron chi connectivity index (χ0n) is 12.0. The van der Waals surface area contributed by atoms with Crippen molar-refractivity contribution in [3.05, 3.63) is 22.8 Å². The van der Waals surface area contributed by atoms with Crippen molar-refractivity contribution >= 4 is 23.3 Å². The molecule has 1 saturated heterocycles. The fourth-order valence-electron chi connectivity index (χ4n) is 2.75. The molecule has 2 rings (SSSR count). The molecule has 1 aromatic rings. The summed E-state index contributed by atoms with van der Waals surface area (Å²) in [7, 11) is 0. The second-order valence-corrected chi connectivity index (χ2v) is 5.41. The van der Waals surface area contributed by atoms with Gasteiger partial charge in [-0.3, -0.25) is 9.69 Å². The van der Waals surface area contributed by atoms with Gasteiger partial charge in [0.25, 0.3) is 5.91 Å². The van der Waals surface area contributed by atoms with Gasteiger partial charge in [-0.15, -0.1) is 0 Å². The van der Waals surface area contributed by atoms with Crippen molar-refractivity contribution < 1.29 is 4.79 Å². The second kappa shape index (κ2) is 6.41. The van der Waals surface area contributed by atoms with Crippen molar-refractivity contribution in [1.82, 2.24) is 14.8 Å². The topological polar surface area (TPSA) is 62.5 Å². The van der Waals surface area contributed by atoms with Gasteiger partial charge in [0.2, 0.25) is 0 Å². The first-order chi connectivity index (χ1) is 9.56. The Kier molecular flexibility index (Phi) is 4.83. The summed E-state index contributed by atoms with van der Waals surface area (Å²) in [6.07, 6.45) is 2.44. The van der Waals surface area contributed by atoms with Crippen molar-refractivity contribution in [3.8, 4) is 0 Å². The summed E-state index contributed by atoms with van der Waals surface area (Å²) >= 11 is 6.05. The lowest BCUT2D eigenvalue weighted by molar-refractivity contribution is 0.0778. The number of nitrogen functional groups attached to an aromatic ring is 1. The maximum Gasteiger partial charge on any atom is 0.255 e. The van der Waals surface area contributed by atoms with Gasteiger partial charge < -0.3 is 10.6 Å². The molecule has 20 heavy (non-hydrogen) atoms. The second-order valence-electron chi connectivity index (χ2n) is 5.00. The lowest BCUT2D eigenvalue weighted by Gasteiger charge is -2.26. The van der Waals surface area contributed by atoms with Crippen LogP contribution in [0.5, 0.6) is 0 Å². The van der Waals surface area contributed by atoms with Gasteiger partial charge in [-0.05, 0) is 25.6 Å². The molecule has 1 aliphatic rings. The number of likely N-dealkylation sites (tertiary alicyclic amines) is 1. The Bertz CT molecular complexity index is 490. The highest BCUT2D eigenvalue weighted by Gasteiger charge is 2.30. The van der Waals surface area contributed by atoms with E-state index in [4.69, 9.17) is 17.3 Å². The first-order valence-corrected chi connectivity index (χ1v) is 7.39. The Labute approximate surface area is 124 Å². The Hall–Kier alpha value is -1.33. The van der Waals surface area contributed by atoms with E-state index >= 15 is 0 Å². The van der Waals surface area contributed by atoms with E-state index in [9.17, 15) is 4.79 Å². The third kappa shape index (κ3) is 3.04. The average molecular weight is 297 g/mol. The predicted octanol–water partition coefficient (Wildman–Crippen LogP) is 1.87. The number of hydrogen-bond acceptors (Lipinski definition) is 4. The number of pyridine rings is 1. The first-order valence-electron chi connectivity index (χ1n) is 7.01. The molecule has 0 saturated carbocycles. The Morgan fingerprint density at radius 2 is 2.25 bits per heavy atom. The van der Waals surface area contributed by atoms with Crippen molar-refractivity contribution in [2.24, 2.45) is 0 Å². The van der Waals surface area contributed by atoms with Gasteiger partial charge >= 0.3 is 0 Å². The number of nitrogens with two attached hydrogens (primary N) is 1. The van der Waals surface area contributed by atoms with E-state index in [1.807, 2.05) is 4.90 Å². The van der Waals surface area contributed by atoms with E-state index in [0.29, 0.717) is 22.4 Å². The number of carbonyl (C=O) groups is 1. The number of aromatic nitrogens is 1. The number of nitrogens with zero attached hydrogens (tertiary/aromatic N) is 3. The van der Waals surface area contributed by atoms with Crippen LogP contribution in [-0.4, -0.2) is 52.9 Å². The number of halogens is 1. The smallest absolute Gasteiger partial charge is 0.255 e. The molecular weight excluding hydrogens is 276 g/mol. The molecule has 1 atom stereocenters. The van der Waals surface area contributed by atoms with E-state index in [2.05, 4.69) is 23.7 Å². The summed E-state index contributed by atoms with van der Waals surface area (Å²) in [5.41, 5.74) is 6.08. The Balaban J connectivity index is 2.10. The van der Waals surface area contributed by atoms with Gasteiger partial charge in [0.1, 0.15) is 5.82 Å². The fourth-order valence-corrected chi connectivity index (χ4v) is 2.94. The predicted molar refractivity (Wildman–Crippen MR) is 80.9 cm³/mol. The zero-order chi connectivity index (χ0) is 14.7. The number of hydrogen-bond donors (Lipinski definition) is 1. The van der Waals surface area contributed by atoms with E-state index in [1.165, 1.54) is 6.20 Å². The van der Waals surface area contributed by atoms with E-state index in [0.717, 1.165) is 32.6 Å². The van der Waals surface area contributed by atoms with Crippen molar-refractivity contribution in [1.29, 1.82) is 0 Å². The molecule has 0 aromatic carbocycles. The minimum absolute atomic E-state index is 0.0567. The largest absolute Gasteiger partial charge is 0.384 e. The van der Waals surface area contributed by atoms with Crippen LogP contribution >= 0.6 is 11.6 Å². The van der Waals surface area contributed by atoms with Gasteiger partial charge in [0, 0.05) is 25.3 Å². The molecule has 0 bridgehead atoms. The van der Waals surface area contributed by atoms with E-state index < -0.39 is 0 Å². The number of anilines is 1. The normalized spacial score (nSPS) is 18.8. The van der Waals surface area contributed by atoms with Crippen molar-refractivity contribution in [3.63, 3.8) is 0 Å². The summed E-state index contributed by atoms with van der Waals surface area (Å²) in [5, 5.41) is 0.357. The zero-order valence-corrected chi connectivity index (χ0v) is 12.7. The Morgan fingerprint density at radius 1 is 1.55 bits per heavy atom. The van der Waals surface area contributed by atoms with E-state index in [1.54, 1.807) is 6.07 Å². The van der Waals surface area contributed by atoms with Crippen LogP contribution in [0.4, 0.5) is 5.82 Å². The van der Waals surface area contributed by atoms with Gasteiger partial charge in [-0.25, -0.2) is 4.98 Å². The summed E-state index contributed by atoms with van der Waals surface area (Å²) in [6, 6.07) is 1.99. The molecule has 0 radical (unpaired) electrons. The summed E-state index contributed by atoms with van der Waals surface area (Å²) in [5.74, 6) is 0.260. The molecule has 1 unspecified atom stereocenters. The molecule has 1 aliphatic heterocycles. The van der Waals surface area contributed by atoms with E-state index in [-0.39, 0.29) is 5.91 Å². The quantitative estimate of drug-likeness (QED) is 0.921. The summed E-state index contributed by atoms with van der Waals surface area (Å²) < 4.78 is 0. The van der Waals surface area contributed by atoms with Gasteiger partial charge in [-0.1, -0.05) is 25.4 Å². The molecule has 1 aromatic heterocycles. The van der Waals surface area contributed by atoms with Crippen LogP contribution in [-0.2, 0) is 0 Å². The third-order valence-electron chi connectivity index (χ3n) is 3.89. The molecule has 1 amide bonds. The van der Waals surface area contributed by atoms with Crippen LogP contribution in [0.2, 0.25) is 5.02 Å². The molecule has 0 aliphatic carbocycles. The number of rotatable bonds is 4. The van der Waals surface area contributed by atoms with Gasteiger partial charge in [0.15, 0.2) is 0 Å². The van der Waals surface area contributed by atoms with Crippen LogP contribution < -0.4 is 5.73 Å². The SMILES string of the molecule is CCN(CC)C1CCN(C(=O)c2cc(N)ncc2Cl)C1. The lowest BCUT2D eigenvalue weighted by Crippen LogP contribution is -2.38. The average Bonchev–Trinajstić information content (AvgIpc) is 2.92. The molecule has 6 heteroatoms. The molecular formula is C14H21ClN4O. The first kappa shape index (κ1) is 15.1. The molecule has 2 N–H and O–H groups in total.